The van der Waals surface area contributed by atoms with Crippen LogP contribution in [0.3, 0.4) is 0 Å². The molecule has 0 saturated carbocycles. The Balaban J connectivity index is 2.70. The summed E-state index contributed by atoms with van der Waals surface area (Å²) in [5, 5.41) is 14.1. The summed E-state index contributed by atoms with van der Waals surface area (Å²) in [7, 11) is 0. The molecule has 0 aliphatic heterocycles. The summed E-state index contributed by atoms with van der Waals surface area (Å²) in [5.41, 5.74) is 0. The lowest BCUT2D eigenvalue weighted by Crippen LogP contribution is -2.18. The minimum Gasteiger partial charge on any atom is -0.396 e. The maximum Gasteiger partial charge on any atom is 0.0823 e. The molecule has 4 nitrogen and oxygen atoms in total. The van der Waals surface area contributed by atoms with E-state index in [9.17, 15) is 4.91 Å². The molecule has 0 radical (unpaired) electrons. The number of nitroso groups, excluding NO2 is 1. The molecule has 0 unspecified atom stereocenters. The van der Waals surface area contributed by atoms with Crippen molar-refractivity contribution in [2.75, 3.05) is 26.2 Å². The molecule has 0 aromatic carbocycles. The van der Waals surface area contributed by atoms with Crippen LogP contribution in [0.2, 0.25) is 0 Å². The van der Waals surface area contributed by atoms with Gasteiger partial charge in [-0.3, -0.25) is 0 Å². The second-order valence-electron chi connectivity index (χ2n) is 2.03. The molecule has 0 aliphatic carbocycles. The third-order valence-electron chi connectivity index (χ3n) is 1.11. The summed E-state index contributed by atoms with van der Waals surface area (Å²) in [4.78, 5) is 9.58. The molecular weight excluding hydrogens is 132 g/mol. The highest BCUT2D eigenvalue weighted by atomic mass is 16.3. The van der Waals surface area contributed by atoms with Crippen LogP contribution in [0.5, 0.6) is 0 Å². The predicted molar refractivity (Wildman–Crippen MR) is 39.9 cm³/mol. The monoisotopic (exact) mass is 146 g/mol. The number of hydrogen-bond donors (Lipinski definition) is 2. The molecule has 0 spiro atoms. The number of aliphatic hydroxyl groups excluding tert-OH is 1. The highest BCUT2D eigenvalue weighted by Gasteiger charge is 1.86. The quantitative estimate of drug-likeness (QED) is 0.396. The smallest absolute Gasteiger partial charge is 0.0823 e. The zero-order valence-corrected chi connectivity index (χ0v) is 6.05. The molecule has 0 heterocycles. The second-order valence-corrected chi connectivity index (χ2v) is 2.03. The van der Waals surface area contributed by atoms with Gasteiger partial charge in [0, 0.05) is 6.61 Å². The van der Waals surface area contributed by atoms with E-state index in [1.807, 2.05) is 0 Å². The van der Waals surface area contributed by atoms with E-state index in [0.717, 1.165) is 25.9 Å². The van der Waals surface area contributed by atoms with E-state index < -0.39 is 0 Å². The molecule has 0 aromatic heterocycles. The SMILES string of the molecule is O=NCCCNCCCO. The Kier molecular flexibility index (Phi) is 8.11. The minimum absolute atomic E-state index is 0.221. The fourth-order valence-electron chi connectivity index (χ4n) is 0.598. The summed E-state index contributed by atoms with van der Waals surface area (Å²) < 4.78 is 0. The summed E-state index contributed by atoms with van der Waals surface area (Å²) in [6, 6.07) is 0. The van der Waals surface area contributed by atoms with Gasteiger partial charge in [0.25, 0.3) is 0 Å². The molecule has 60 valence electrons. The molecule has 0 fully saturated rings. The normalized spacial score (nSPS) is 9.70. The highest BCUT2D eigenvalue weighted by Crippen LogP contribution is 1.78. The Labute approximate surface area is 60.6 Å². The Bertz CT molecular complexity index is 78.1. The first kappa shape index (κ1) is 9.52. The number of nitrogens with zero attached hydrogens (tertiary/aromatic N) is 1. The van der Waals surface area contributed by atoms with E-state index in [1.165, 1.54) is 0 Å². The van der Waals surface area contributed by atoms with Crippen molar-refractivity contribution in [2.24, 2.45) is 5.18 Å². The van der Waals surface area contributed by atoms with Crippen LogP contribution in [0.25, 0.3) is 0 Å². The molecule has 4 heteroatoms. The molecule has 10 heavy (non-hydrogen) atoms. The molecule has 0 bridgehead atoms. The lowest BCUT2D eigenvalue weighted by molar-refractivity contribution is 0.286. The van der Waals surface area contributed by atoms with Crippen LogP contribution in [0.4, 0.5) is 0 Å². The molecule has 0 rings (SSSR count). The summed E-state index contributed by atoms with van der Waals surface area (Å²) >= 11 is 0. The fraction of sp³-hybridized carbons (Fsp3) is 1.00. The van der Waals surface area contributed by atoms with Crippen LogP contribution in [-0.2, 0) is 0 Å². The van der Waals surface area contributed by atoms with Gasteiger partial charge in [-0.05, 0) is 25.9 Å². The first-order valence-corrected chi connectivity index (χ1v) is 3.52. The third-order valence-corrected chi connectivity index (χ3v) is 1.11. The number of aliphatic hydroxyl groups is 1. The lowest BCUT2D eigenvalue weighted by atomic mass is 10.4. The molecule has 0 aliphatic rings. The Hall–Kier alpha value is -0.480. The summed E-state index contributed by atoms with van der Waals surface area (Å²) in [6.45, 7) is 2.23. The average Bonchev–Trinajstić information content (AvgIpc) is 1.97. The van der Waals surface area contributed by atoms with Gasteiger partial charge in [0.2, 0.25) is 0 Å². The van der Waals surface area contributed by atoms with E-state index in [1.54, 1.807) is 0 Å². The molecule has 0 amide bonds. The first-order valence-electron chi connectivity index (χ1n) is 3.52. The van der Waals surface area contributed by atoms with Crippen molar-refractivity contribution in [2.45, 2.75) is 12.8 Å². The molecule has 2 N–H and O–H groups in total. The van der Waals surface area contributed by atoms with Crippen molar-refractivity contribution in [3.63, 3.8) is 0 Å². The van der Waals surface area contributed by atoms with Crippen molar-refractivity contribution in [3.05, 3.63) is 4.91 Å². The standard InChI is InChI=1S/C6H14N2O2/c9-6-2-4-7-3-1-5-8-10/h7,9H,1-6H2. The van der Waals surface area contributed by atoms with Gasteiger partial charge in [-0.1, -0.05) is 5.18 Å². The maximum atomic E-state index is 9.58. The predicted octanol–water partition coefficient (Wildman–Crippen LogP) is 0.115. The number of nitrogens with one attached hydrogen (secondary N) is 1. The summed E-state index contributed by atoms with van der Waals surface area (Å²) in [5.74, 6) is 0. The molecule has 0 saturated heterocycles. The van der Waals surface area contributed by atoms with E-state index in [2.05, 4.69) is 10.5 Å². The van der Waals surface area contributed by atoms with Crippen molar-refractivity contribution >= 4 is 0 Å². The van der Waals surface area contributed by atoms with E-state index in [4.69, 9.17) is 5.11 Å². The number of rotatable bonds is 7. The lowest BCUT2D eigenvalue weighted by Gasteiger charge is -1.99. The van der Waals surface area contributed by atoms with Gasteiger partial charge >= 0.3 is 0 Å². The van der Waals surface area contributed by atoms with Crippen molar-refractivity contribution < 1.29 is 5.11 Å². The van der Waals surface area contributed by atoms with Gasteiger partial charge in [-0.2, -0.15) is 4.91 Å². The Morgan fingerprint density at radius 3 is 2.60 bits per heavy atom. The Morgan fingerprint density at radius 2 is 2.00 bits per heavy atom. The third kappa shape index (κ3) is 7.52. The van der Waals surface area contributed by atoms with Gasteiger partial charge in [-0.25, -0.2) is 0 Å². The molecule has 0 atom stereocenters. The number of hydrogen-bond acceptors (Lipinski definition) is 4. The average molecular weight is 146 g/mol. The van der Waals surface area contributed by atoms with Crippen LogP contribution < -0.4 is 5.32 Å². The largest absolute Gasteiger partial charge is 0.396 e. The van der Waals surface area contributed by atoms with Crippen LogP contribution in [-0.4, -0.2) is 31.3 Å². The van der Waals surface area contributed by atoms with Gasteiger partial charge in [0.05, 0.1) is 6.54 Å². The summed E-state index contributed by atoms with van der Waals surface area (Å²) in [6.07, 6.45) is 1.56. The van der Waals surface area contributed by atoms with Gasteiger partial charge in [0.1, 0.15) is 0 Å². The van der Waals surface area contributed by atoms with Crippen LogP contribution in [0.1, 0.15) is 12.8 Å². The van der Waals surface area contributed by atoms with E-state index in [-0.39, 0.29) is 6.61 Å². The van der Waals surface area contributed by atoms with Crippen molar-refractivity contribution in [1.29, 1.82) is 0 Å². The second kappa shape index (κ2) is 8.52. The zero-order valence-electron chi connectivity index (χ0n) is 6.05. The maximum absolute atomic E-state index is 9.58. The first-order chi connectivity index (χ1) is 4.91. The van der Waals surface area contributed by atoms with Gasteiger partial charge < -0.3 is 10.4 Å². The topological polar surface area (TPSA) is 61.7 Å². The molecule has 0 aromatic rings. The van der Waals surface area contributed by atoms with E-state index in [0.29, 0.717) is 6.54 Å². The van der Waals surface area contributed by atoms with Gasteiger partial charge in [0.15, 0.2) is 0 Å². The highest BCUT2D eigenvalue weighted by molar-refractivity contribution is 4.49. The minimum atomic E-state index is 0.221. The van der Waals surface area contributed by atoms with Crippen LogP contribution in [0, 0.1) is 4.91 Å². The van der Waals surface area contributed by atoms with E-state index >= 15 is 0 Å². The fourth-order valence-corrected chi connectivity index (χ4v) is 0.598. The van der Waals surface area contributed by atoms with Gasteiger partial charge in [-0.15, -0.1) is 0 Å². The van der Waals surface area contributed by atoms with Crippen molar-refractivity contribution in [1.82, 2.24) is 5.32 Å². The Morgan fingerprint density at radius 1 is 1.30 bits per heavy atom. The van der Waals surface area contributed by atoms with Crippen molar-refractivity contribution in [3.8, 4) is 0 Å². The van der Waals surface area contributed by atoms with Crippen LogP contribution in [0.15, 0.2) is 5.18 Å². The molecular formula is C6H14N2O2. The zero-order chi connectivity index (χ0) is 7.66. The van der Waals surface area contributed by atoms with Crippen LogP contribution >= 0.6 is 0 Å².